The average molecular weight is 210 g/mol. The predicted octanol–water partition coefficient (Wildman–Crippen LogP) is 1.37. The first-order valence-electron chi connectivity index (χ1n) is 4.69. The molecule has 82 valence electrons. The zero-order valence-corrected chi connectivity index (χ0v) is 9.02. The fourth-order valence-corrected chi connectivity index (χ4v) is 1.05. The van der Waals surface area contributed by atoms with Gasteiger partial charge in [0.2, 0.25) is 0 Å². The van der Waals surface area contributed by atoms with E-state index in [9.17, 15) is 4.79 Å². The molecule has 0 saturated heterocycles. The van der Waals surface area contributed by atoms with Crippen molar-refractivity contribution < 1.29 is 14.6 Å². The molecule has 1 aromatic rings. The molecule has 0 bridgehead atoms. The van der Waals surface area contributed by atoms with Crippen LogP contribution in [-0.2, 0) is 4.79 Å². The van der Waals surface area contributed by atoms with E-state index in [-0.39, 0.29) is 11.9 Å². The minimum atomic E-state index is -1.04. The van der Waals surface area contributed by atoms with E-state index >= 15 is 0 Å². The third-order valence-corrected chi connectivity index (χ3v) is 1.77. The number of carboxylic acid groups (broad SMARTS) is 1. The van der Waals surface area contributed by atoms with Gasteiger partial charge in [-0.15, -0.1) is 0 Å². The highest BCUT2D eigenvalue weighted by Gasteiger charge is 2.07. The number of hydrogen-bond acceptors (Lipinski definition) is 4. The number of hydrogen-bond donors (Lipinski definition) is 1. The van der Waals surface area contributed by atoms with Crippen molar-refractivity contribution in [3.8, 4) is 6.01 Å². The van der Waals surface area contributed by atoms with Crippen LogP contribution in [0, 0.1) is 6.92 Å². The van der Waals surface area contributed by atoms with Gasteiger partial charge in [-0.05, 0) is 18.9 Å². The van der Waals surface area contributed by atoms with Crippen molar-refractivity contribution in [3.63, 3.8) is 0 Å². The van der Waals surface area contributed by atoms with Gasteiger partial charge in [-0.3, -0.25) is 0 Å². The predicted molar refractivity (Wildman–Crippen MR) is 54.0 cm³/mol. The molecule has 0 atom stereocenters. The molecule has 0 aliphatic rings. The first kappa shape index (κ1) is 11.4. The van der Waals surface area contributed by atoms with Crippen molar-refractivity contribution in [3.05, 3.63) is 17.5 Å². The van der Waals surface area contributed by atoms with Crippen molar-refractivity contribution >= 4 is 5.97 Å². The Morgan fingerprint density at radius 1 is 1.53 bits per heavy atom. The highest BCUT2D eigenvalue weighted by atomic mass is 16.5. The summed E-state index contributed by atoms with van der Waals surface area (Å²) >= 11 is 0. The van der Waals surface area contributed by atoms with Crippen LogP contribution in [0.15, 0.2) is 6.07 Å². The molecule has 5 heteroatoms. The third-order valence-electron chi connectivity index (χ3n) is 1.77. The topological polar surface area (TPSA) is 72.3 Å². The lowest BCUT2D eigenvalue weighted by Crippen LogP contribution is -2.12. The molecule has 0 aromatic carbocycles. The minimum Gasteiger partial charge on any atom is -0.479 e. The van der Waals surface area contributed by atoms with Crippen LogP contribution in [0.2, 0.25) is 0 Å². The summed E-state index contributed by atoms with van der Waals surface area (Å²) in [6, 6.07) is 1.99. The Kier molecular flexibility index (Phi) is 3.60. The average Bonchev–Trinajstić information content (AvgIpc) is 2.13. The maximum absolute atomic E-state index is 10.3. The van der Waals surface area contributed by atoms with Gasteiger partial charge in [0, 0.05) is 5.69 Å². The van der Waals surface area contributed by atoms with Crippen molar-refractivity contribution in [1.29, 1.82) is 0 Å². The van der Waals surface area contributed by atoms with E-state index in [1.807, 2.05) is 26.8 Å². The van der Waals surface area contributed by atoms with E-state index in [1.54, 1.807) is 0 Å². The molecule has 1 heterocycles. The van der Waals surface area contributed by atoms with Crippen LogP contribution in [-0.4, -0.2) is 27.7 Å². The lowest BCUT2D eigenvalue weighted by Gasteiger charge is -2.07. The summed E-state index contributed by atoms with van der Waals surface area (Å²) in [4.78, 5) is 18.4. The fraction of sp³-hybridized carbons (Fsp3) is 0.500. The number of aromatic nitrogens is 2. The van der Waals surface area contributed by atoms with Gasteiger partial charge in [-0.25, -0.2) is 9.78 Å². The van der Waals surface area contributed by atoms with Gasteiger partial charge in [-0.1, -0.05) is 13.8 Å². The van der Waals surface area contributed by atoms with Crippen LogP contribution < -0.4 is 4.74 Å². The van der Waals surface area contributed by atoms with E-state index in [0.717, 1.165) is 11.4 Å². The number of ether oxygens (including phenoxy) is 1. The summed E-state index contributed by atoms with van der Waals surface area (Å²) in [7, 11) is 0. The van der Waals surface area contributed by atoms with Crippen LogP contribution in [0.5, 0.6) is 6.01 Å². The summed E-state index contributed by atoms with van der Waals surface area (Å²) in [6.45, 7) is 5.41. The Morgan fingerprint density at radius 2 is 2.20 bits per heavy atom. The normalized spacial score (nSPS) is 10.4. The number of nitrogens with zero attached hydrogens (tertiary/aromatic N) is 2. The molecule has 0 spiro atoms. The highest BCUT2D eigenvalue weighted by Crippen LogP contribution is 2.15. The second-order valence-electron chi connectivity index (χ2n) is 3.55. The van der Waals surface area contributed by atoms with Crippen LogP contribution >= 0.6 is 0 Å². The van der Waals surface area contributed by atoms with Crippen LogP contribution in [0.1, 0.15) is 31.2 Å². The molecule has 0 aliphatic heterocycles. The molecule has 5 nitrogen and oxygen atoms in total. The van der Waals surface area contributed by atoms with Crippen LogP contribution in [0.25, 0.3) is 0 Å². The first-order valence-corrected chi connectivity index (χ1v) is 4.69. The van der Waals surface area contributed by atoms with Crippen molar-refractivity contribution in [2.75, 3.05) is 6.61 Å². The van der Waals surface area contributed by atoms with E-state index in [0.29, 0.717) is 0 Å². The zero-order valence-electron chi connectivity index (χ0n) is 9.02. The monoisotopic (exact) mass is 210 g/mol. The van der Waals surface area contributed by atoms with E-state index in [2.05, 4.69) is 9.97 Å². The molecule has 0 radical (unpaired) electrons. The molecule has 0 saturated carbocycles. The van der Waals surface area contributed by atoms with E-state index in [4.69, 9.17) is 9.84 Å². The van der Waals surface area contributed by atoms with Gasteiger partial charge in [0.1, 0.15) is 0 Å². The third kappa shape index (κ3) is 3.53. The highest BCUT2D eigenvalue weighted by molar-refractivity contribution is 5.68. The van der Waals surface area contributed by atoms with Gasteiger partial charge in [-0.2, -0.15) is 4.98 Å². The number of carboxylic acids is 1. The van der Waals surface area contributed by atoms with Gasteiger partial charge in [0.15, 0.2) is 6.61 Å². The molecule has 0 unspecified atom stereocenters. The molecule has 1 N–H and O–H groups in total. The van der Waals surface area contributed by atoms with Gasteiger partial charge >= 0.3 is 12.0 Å². The SMILES string of the molecule is Cc1cc(C(C)C)nc(OCC(=O)O)n1. The maximum Gasteiger partial charge on any atom is 0.341 e. The molecule has 0 aliphatic carbocycles. The lowest BCUT2D eigenvalue weighted by molar-refractivity contribution is -0.139. The van der Waals surface area contributed by atoms with E-state index in [1.165, 1.54) is 0 Å². The summed E-state index contributed by atoms with van der Waals surface area (Å²) in [5.74, 6) is -0.773. The largest absolute Gasteiger partial charge is 0.479 e. The number of aliphatic carboxylic acids is 1. The molecule has 0 amide bonds. The smallest absolute Gasteiger partial charge is 0.341 e. The summed E-state index contributed by atoms with van der Waals surface area (Å²) in [5.41, 5.74) is 1.62. The second-order valence-corrected chi connectivity index (χ2v) is 3.55. The summed E-state index contributed by atoms with van der Waals surface area (Å²) in [5, 5.41) is 8.44. The molecule has 1 rings (SSSR count). The number of rotatable bonds is 4. The minimum absolute atomic E-state index is 0.126. The number of carbonyl (C=O) groups is 1. The molecule has 1 aromatic heterocycles. The van der Waals surface area contributed by atoms with Crippen molar-refractivity contribution in [2.45, 2.75) is 26.7 Å². The fourth-order valence-electron chi connectivity index (χ4n) is 1.05. The maximum atomic E-state index is 10.3. The lowest BCUT2D eigenvalue weighted by atomic mass is 10.1. The molecule has 0 fully saturated rings. The number of aryl methyl sites for hydroxylation is 1. The molecular weight excluding hydrogens is 196 g/mol. The Balaban J connectivity index is 2.84. The van der Waals surface area contributed by atoms with Gasteiger partial charge in [0.05, 0.1) is 5.69 Å². The standard InChI is InChI=1S/C10H14N2O3/c1-6(2)8-4-7(3)11-10(12-8)15-5-9(13)14/h4,6H,5H2,1-3H3,(H,13,14). The Morgan fingerprint density at radius 3 is 2.73 bits per heavy atom. The first-order chi connectivity index (χ1) is 6.99. The van der Waals surface area contributed by atoms with Crippen molar-refractivity contribution in [2.24, 2.45) is 0 Å². The van der Waals surface area contributed by atoms with Crippen molar-refractivity contribution in [1.82, 2.24) is 9.97 Å². The summed E-state index contributed by atoms with van der Waals surface area (Å²) < 4.78 is 4.92. The zero-order chi connectivity index (χ0) is 11.4. The summed E-state index contributed by atoms with van der Waals surface area (Å²) in [6.07, 6.45) is 0. The quantitative estimate of drug-likeness (QED) is 0.812. The van der Waals surface area contributed by atoms with E-state index < -0.39 is 12.6 Å². The Bertz CT molecular complexity index is 364. The van der Waals surface area contributed by atoms with Crippen LogP contribution in [0.4, 0.5) is 0 Å². The van der Waals surface area contributed by atoms with Crippen LogP contribution in [0.3, 0.4) is 0 Å². The molecular formula is C10H14N2O3. The Labute approximate surface area is 88.1 Å². The Hall–Kier alpha value is -1.65. The van der Waals surface area contributed by atoms with Gasteiger partial charge < -0.3 is 9.84 Å². The molecule has 15 heavy (non-hydrogen) atoms. The van der Waals surface area contributed by atoms with Gasteiger partial charge in [0.25, 0.3) is 0 Å². The second kappa shape index (κ2) is 4.72.